The van der Waals surface area contributed by atoms with Gasteiger partial charge in [-0.2, -0.15) is 0 Å². The van der Waals surface area contributed by atoms with Crippen LogP contribution in [-0.4, -0.2) is 62.8 Å². The Morgan fingerprint density at radius 1 is 1.19 bits per heavy atom. The fourth-order valence-corrected chi connectivity index (χ4v) is 2.94. The lowest BCUT2D eigenvalue weighted by molar-refractivity contribution is -0.132. The molecule has 0 saturated carbocycles. The van der Waals surface area contributed by atoms with Gasteiger partial charge in [0.1, 0.15) is 0 Å². The number of para-hydroxylation sites is 1. The molecule has 0 spiro atoms. The number of ether oxygens (including phenoxy) is 1. The van der Waals surface area contributed by atoms with Crippen molar-refractivity contribution in [2.75, 3.05) is 50.8 Å². The van der Waals surface area contributed by atoms with Gasteiger partial charge in [0.25, 0.3) is 0 Å². The lowest BCUT2D eigenvalue weighted by Crippen LogP contribution is -2.51. The predicted octanol–water partition coefficient (Wildman–Crippen LogP) is 0.714. The Morgan fingerprint density at radius 2 is 1.95 bits per heavy atom. The van der Waals surface area contributed by atoms with Crippen molar-refractivity contribution in [3.8, 4) is 0 Å². The highest BCUT2D eigenvalue weighted by Gasteiger charge is 2.24. The smallest absolute Gasteiger partial charge is 0.224 e. The highest BCUT2D eigenvalue weighted by Crippen LogP contribution is 2.16. The van der Waals surface area contributed by atoms with Gasteiger partial charge < -0.3 is 19.9 Å². The van der Waals surface area contributed by atoms with Crippen LogP contribution in [0.3, 0.4) is 0 Å². The van der Waals surface area contributed by atoms with E-state index in [0.29, 0.717) is 13.0 Å². The minimum absolute atomic E-state index is 0.179. The molecule has 2 aliphatic heterocycles. The van der Waals surface area contributed by atoms with Crippen molar-refractivity contribution >= 4 is 11.6 Å². The molecular weight excluding hydrogens is 266 g/mol. The summed E-state index contributed by atoms with van der Waals surface area (Å²) in [5.41, 5.74) is 1.24. The third-order valence-electron chi connectivity index (χ3n) is 4.17. The molecule has 2 saturated heterocycles. The number of rotatable bonds is 3. The number of piperazine rings is 1. The minimum Gasteiger partial charge on any atom is -0.378 e. The van der Waals surface area contributed by atoms with Crippen molar-refractivity contribution in [1.82, 2.24) is 10.2 Å². The van der Waals surface area contributed by atoms with E-state index in [9.17, 15) is 4.79 Å². The molecule has 0 radical (unpaired) electrons. The van der Waals surface area contributed by atoms with E-state index in [1.54, 1.807) is 0 Å². The molecular formula is C16H23N3O2. The van der Waals surface area contributed by atoms with Gasteiger partial charge in [-0.15, -0.1) is 0 Å². The third-order valence-corrected chi connectivity index (χ3v) is 4.17. The van der Waals surface area contributed by atoms with Gasteiger partial charge in [-0.3, -0.25) is 4.79 Å². The van der Waals surface area contributed by atoms with Crippen molar-refractivity contribution in [3.05, 3.63) is 30.3 Å². The molecule has 2 fully saturated rings. The molecule has 1 aromatic rings. The molecule has 0 aliphatic carbocycles. The van der Waals surface area contributed by atoms with Crippen molar-refractivity contribution in [2.24, 2.45) is 0 Å². The Labute approximate surface area is 125 Å². The van der Waals surface area contributed by atoms with Crippen molar-refractivity contribution < 1.29 is 9.53 Å². The molecule has 0 aromatic heterocycles. The Kier molecular flexibility index (Phi) is 4.72. The number of carbonyl (C=O) groups excluding carboxylic acids is 1. The van der Waals surface area contributed by atoms with Crippen molar-refractivity contribution in [2.45, 2.75) is 12.5 Å². The van der Waals surface area contributed by atoms with Gasteiger partial charge in [-0.25, -0.2) is 0 Å². The van der Waals surface area contributed by atoms with E-state index in [-0.39, 0.29) is 11.9 Å². The first-order valence-corrected chi connectivity index (χ1v) is 7.72. The van der Waals surface area contributed by atoms with Crippen molar-refractivity contribution in [3.63, 3.8) is 0 Å². The highest BCUT2D eigenvalue weighted by molar-refractivity contribution is 5.77. The summed E-state index contributed by atoms with van der Waals surface area (Å²) in [6, 6.07) is 10.6. The standard InChI is InChI=1S/C16H23N3O2/c20-16(12-14-13-21-11-6-17-14)19-9-7-18(8-10-19)15-4-2-1-3-5-15/h1-5,14,17H,6-13H2. The fourth-order valence-electron chi connectivity index (χ4n) is 2.94. The number of morpholine rings is 1. The van der Waals surface area contributed by atoms with Crippen LogP contribution >= 0.6 is 0 Å². The quantitative estimate of drug-likeness (QED) is 0.890. The Balaban J connectivity index is 1.47. The van der Waals surface area contributed by atoms with Gasteiger partial charge in [-0.1, -0.05) is 18.2 Å². The number of carbonyl (C=O) groups is 1. The number of hydrogen-bond acceptors (Lipinski definition) is 4. The third kappa shape index (κ3) is 3.74. The molecule has 1 atom stereocenters. The summed E-state index contributed by atoms with van der Waals surface area (Å²) in [4.78, 5) is 16.6. The number of hydrogen-bond donors (Lipinski definition) is 1. The average Bonchev–Trinajstić information content (AvgIpc) is 2.57. The van der Waals surface area contributed by atoms with E-state index in [1.165, 1.54) is 5.69 Å². The van der Waals surface area contributed by atoms with Crippen LogP contribution in [0.1, 0.15) is 6.42 Å². The van der Waals surface area contributed by atoms with Crippen LogP contribution in [-0.2, 0) is 9.53 Å². The second kappa shape index (κ2) is 6.91. The predicted molar refractivity (Wildman–Crippen MR) is 82.5 cm³/mol. The molecule has 1 N–H and O–H groups in total. The molecule has 1 amide bonds. The summed E-state index contributed by atoms with van der Waals surface area (Å²) in [6.07, 6.45) is 0.547. The Bertz CT molecular complexity index is 452. The van der Waals surface area contributed by atoms with Gasteiger partial charge in [0.05, 0.1) is 13.2 Å². The zero-order valence-corrected chi connectivity index (χ0v) is 12.3. The number of benzene rings is 1. The van der Waals surface area contributed by atoms with Crippen LogP contribution in [0, 0.1) is 0 Å². The Hall–Kier alpha value is -1.59. The zero-order chi connectivity index (χ0) is 14.5. The molecule has 1 unspecified atom stereocenters. The maximum atomic E-state index is 12.3. The molecule has 114 valence electrons. The van der Waals surface area contributed by atoms with Crippen LogP contribution in [0.15, 0.2) is 30.3 Å². The van der Waals surface area contributed by atoms with E-state index in [1.807, 2.05) is 11.0 Å². The summed E-state index contributed by atoms with van der Waals surface area (Å²) in [6.45, 7) is 5.67. The second-order valence-electron chi connectivity index (χ2n) is 5.63. The first-order valence-electron chi connectivity index (χ1n) is 7.72. The normalized spacial score (nSPS) is 23.1. The first kappa shape index (κ1) is 14.4. The van der Waals surface area contributed by atoms with Crippen molar-refractivity contribution in [1.29, 1.82) is 0 Å². The van der Waals surface area contributed by atoms with Crippen LogP contribution in [0.4, 0.5) is 5.69 Å². The second-order valence-corrected chi connectivity index (χ2v) is 5.63. The maximum Gasteiger partial charge on any atom is 0.224 e. The summed E-state index contributed by atoms with van der Waals surface area (Å²) in [7, 11) is 0. The highest BCUT2D eigenvalue weighted by atomic mass is 16.5. The minimum atomic E-state index is 0.179. The lowest BCUT2D eigenvalue weighted by Gasteiger charge is -2.37. The maximum absolute atomic E-state index is 12.3. The lowest BCUT2D eigenvalue weighted by atomic mass is 10.1. The SMILES string of the molecule is O=C(CC1COCCN1)N1CCN(c2ccccc2)CC1. The van der Waals surface area contributed by atoms with E-state index in [0.717, 1.165) is 39.3 Å². The molecule has 21 heavy (non-hydrogen) atoms. The monoisotopic (exact) mass is 289 g/mol. The molecule has 0 bridgehead atoms. The fraction of sp³-hybridized carbons (Fsp3) is 0.562. The summed E-state index contributed by atoms with van der Waals surface area (Å²) < 4.78 is 5.40. The van der Waals surface area contributed by atoms with Gasteiger partial charge >= 0.3 is 0 Å². The van der Waals surface area contributed by atoms with E-state index in [4.69, 9.17) is 4.74 Å². The van der Waals surface area contributed by atoms with Gasteiger partial charge in [0, 0.05) is 50.9 Å². The van der Waals surface area contributed by atoms with Gasteiger partial charge in [-0.05, 0) is 12.1 Å². The van der Waals surface area contributed by atoms with Gasteiger partial charge in [0.15, 0.2) is 0 Å². The number of nitrogens with zero attached hydrogens (tertiary/aromatic N) is 2. The van der Waals surface area contributed by atoms with Gasteiger partial charge in [0.2, 0.25) is 5.91 Å². The Morgan fingerprint density at radius 3 is 2.62 bits per heavy atom. The molecule has 1 aromatic carbocycles. The topological polar surface area (TPSA) is 44.8 Å². The number of anilines is 1. The molecule has 2 aliphatic rings. The molecule has 2 heterocycles. The summed E-state index contributed by atoms with van der Waals surface area (Å²) in [5, 5.41) is 3.34. The summed E-state index contributed by atoms with van der Waals surface area (Å²) in [5.74, 6) is 0.241. The van der Waals surface area contributed by atoms with Crippen LogP contribution < -0.4 is 10.2 Å². The van der Waals surface area contributed by atoms with E-state index in [2.05, 4.69) is 34.5 Å². The van der Waals surface area contributed by atoms with E-state index < -0.39 is 0 Å². The van der Waals surface area contributed by atoms with Crippen LogP contribution in [0.25, 0.3) is 0 Å². The first-order chi connectivity index (χ1) is 10.3. The van der Waals surface area contributed by atoms with Crippen LogP contribution in [0.2, 0.25) is 0 Å². The summed E-state index contributed by atoms with van der Waals surface area (Å²) >= 11 is 0. The number of amides is 1. The van der Waals surface area contributed by atoms with Crippen LogP contribution in [0.5, 0.6) is 0 Å². The molecule has 5 nitrogen and oxygen atoms in total. The zero-order valence-electron chi connectivity index (χ0n) is 12.3. The molecule has 5 heteroatoms. The largest absolute Gasteiger partial charge is 0.378 e. The average molecular weight is 289 g/mol. The molecule has 3 rings (SSSR count). The number of nitrogens with one attached hydrogen (secondary N) is 1. The van der Waals surface area contributed by atoms with E-state index >= 15 is 0 Å².